The number of nitrogens with zero attached hydrogens (tertiary/aromatic N) is 4. The lowest BCUT2D eigenvalue weighted by molar-refractivity contribution is -0.121. The first-order valence-corrected chi connectivity index (χ1v) is 9.56. The highest BCUT2D eigenvalue weighted by molar-refractivity contribution is 5.85. The molecule has 0 aliphatic rings. The van der Waals surface area contributed by atoms with Gasteiger partial charge in [-0.3, -0.25) is 14.8 Å². The maximum atomic E-state index is 12.0. The summed E-state index contributed by atoms with van der Waals surface area (Å²) < 4.78 is 12.6. The molecule has 3 rings (SSSR count). The van der Waals surface area contributed by atoms with Crippen molar-refractivity contribution in [3.63, 3.8) is 0 Å². The van der Waals surface area contributed by atoms with Crippen LogP contribution in [0.4, 0.5) is 10.5 Å². The van der Waals surface area contributed by atoms with Gasteiger partial charge in [-0.1, -0.05) is 6.07 Å². The third-order valence-corrected chi connectivity index (χ3v) is 3.83. The smallest absolute Gasteiger partial charge is 0.412 e. The molecule has 0 unspecified atom stereocenters. The molecular formula is C21H24N6O4. The van der Waals surface area contributed by atoms with Gasteiger partial charge in [0, 0.05) is 31.1 Å². The van der Waals surface area contributed by atoms with Crippen molar-refractivity contribution in [1.82, 2.24) is 25.1 Å². The average molecular weight is 424 g/mol. The van der Waals surface area contributed by atoms with E-state index in [-0.39, 0.29) is 12.5 Å². The number of carbonyl (C=O) groups excluding carboxylic acids is 2. The van der Waals surface area contributed by atoms with Crippen molar-refractivity contribution in [2.45, 2.75) is 32.9 Å². The minimum Gasteiger partial charge on any atom is -0.444 e. The number of aromatic nitrogens is 4. The van der Waals surface area contributed by atoms with E-state index in [4.69, 9.17) is 9.47 Å². The van der Waals surface area contributed by atoms with Crippen LogP contribution >= 0.6 is 0 Å². The van der Waals surface area contributed by atoms with E-state index in [0.29, 0.717) is 28.7 Å². The van der Waals surface area contributed by atoms with Crippen LogP contribution in [0.25, 0.3) is 11.4 Å². The molecule has 0 saturated heterocycles. The molecule has 2 aromatic heterocycles. The van der Waals surface area contributed by atoms with Crippen LogP contribution in [0.2, 0.25) is 0 Å². The Labute approximate surface area is 179 Å². The van der Waals surface area contributed by atoms with E-state index in [1.165, 1.54) is 11.0 Å². The fraction of sp³-hybridized carbons (Fsp3) is 0.286. The molecule has 2 N–H and O–H groups in total. The van der Waals surface area contributed by atoms with Crippen LogP contribution in [0.1, 0.15) is 20.8 Å². The van der Waals surface area contributed by atoms with Gasteiger partial charge in [0.15, 0.2) is 0 Å². The molecule has 0 saturated carbocycles. The van der Waals surface area contributed by atoms with Gasteiger partial charge in [0.05, 0.1) is 5.69 Å². The van der Waals surface area contributed by atoms with Crippen molar-refractivity contribution in [3.8, 4) is 23.0 Å². The lowest BCUT2D eigenvalue weighted by atomic mass is 10.2. The van der Waals surface area contributed by atoms with Gasteiger partial charge in [0.1, 0.15) is 29.9 Å². The molecule has 2 heterocycles. The van der Waals surface area contributed by atoms with Crippen LogP contribution in [0, 0.1) is 0 Å². The first-order chi connectivity index (χ1) is 14.7. The van der Waals surface area contributed by atoms with Crippen molar-refractivity contribution in [3.05, 3.63) is 48.9 Å². The van der Waals surface area contributed by atoms with Crippen LogP contribution in [0.15, 0.2) is 48.9 Å². The Balaban J connectivity index is 1.70. The lowest BCUT2D eigenvalue weighted by Gasteiger charge is -2.19. The largest absolute Gasteiger partial charge is 0.444 e. The van der Waals surface area contributed by atoms with Gasteiger partial charge in [-0.15, -0.1) is 0 Å². The van der Waals surface area contributed by atoms with Gasteiger partial charge in [-0.2, -0.15) is 5.10 Å². The second-order valence-corrected chi connectivity index (χ2v) is 7.57. The van der Waals surface area contributed by atoms with Gasteiger partial charge < -0.3 is 14.8 Å². The summed E-state index contributed by atoms with van der Waals surface area (Å²) in [5.74, 6) is 0.629. The predicted octanol–water partition coefficient (Wildman–Crippen LogP) is 3.23. The molecule has 162 valence electrons. The Kier molecular flexibility index (Phi) is 6.49. The predicted molar refractivity (Wildman–Crippen MR) is 114 cm³/mol. The topological polar surface area (TPSA) is 120 Å². The Morgan fingerprint density at radius 2 is 1.90 bits per heavy atom. The van der Waals surface area contributed by atoms with Crippen LogP contribution < -0.4 is 15.4 Å². The van der Waals surface area contributed by atoms with Gasteiger partial charge >= 0.3 is 6.09 Å². The number of likely N-dealkylation sites (N-methyl/N-ethyl adjacent to an activating group) is 1. The van der Waals surface area contributed by atoms with E-state index in [0.717, 1.165) is 0 Å². The Hall–Kier alpha value is -3.95. The van der Waals surface area contributed by atoms with Crippen molar-refractivity contribution < 1.29 is 19.1 Å². The number of benzene rings is 1. The molecule has 0 radical (unpaired) electrons. The summed E-state index contributed by atoms with van der Waals surface area (Å²) in [5.41, 5.74) is 1.05. The van der Waals surface area contributed by atoms with Crippen molar-refractivity contribution in [1.29, 1.82) is 0 Å². The Morgan fingerprint density at radius 3 is 2.65 bits per heavy atom. The first-order valence-electron chi connectivity index (χ1n) is 9.56. The molecule has 10 nitrogen and oxygen atoms in total. The Bertz CT molecular complexity index is 1070. The van der Waals surface area contributed by atoms with Gasteiger partial charge in [-0.25, -0.2) is 14.8 Å². The molecule has 0 aliphatic carbocycles. The highest BCUT2D eigenvalue weighted by Gasteiger charge is 2.16. The summed E-state index contributed by atoms with van der Waals surface area (Å²) in [4.78, 5) is 31.8. The van der Waals surface area contributed by atoms with Crippen LogP contribution in [-0.4, -0.2) is 44.4 Å². The average Bonchev–Trinajstić information content (AvgIpc) is 3.15. The standard InChI is InChI=1S/C21H24N6O4/c1-21(2,3)31-20(29)25-14-6-5-7-15(10-14)30-19-11-17(23-13-24-19)16-8-9-27(26-16)12-18(28)22-4/h5-11,13H,12H2,1-4H3,(H,22,28)(H,25,29). The van der Waals surface area contributed by atoms with Crippen molar-refractivity contribution in [2.24, 2.45) is 0 Å². The summed E-state index contributed by atoms with van der Waals surface area (Å²) in [7, 11) is 1.57. The maximum absolute atomic E-state index is 12.0. The monoisotopic (exact) mass is 424 g/mol. The van der Waals surface area contributed by atoms with E-state index in [2.05, 4.69) is 25.7 Å². The summed E-state index contributed by atoms with van der Waals surface area (Å²) in [6.45, 7) is 5.49. The quantitative estimate of drug-likeness (QED) is 0.623. The third-order valence-electron chi connectivity index (χ3n) is 3.83. The molecule has 0 atom stereocenters. The van der Waals surface area contributed by atoms with Gasteiger partial charge in [-0.05, 0) is 39.0 Å². The molecule has 10 heteroatoms. The molecule has 0 fully saturated rings. The van der Waals surface area contributed by atoms with Crippen molar-refractivity contribution in [2.75, 3.05) is 12.4 Å². The molecule has 0 spiro atoms. The van der Waals surface area contributed by atoms with E-state index in [1.54, 1.807) is 70.4 Å². The number of nitrogens with one attached hydrogen (secondary N) is 2. The zero-order valence-corrected chi connectivity index (χ0v) is 17.7. The van der Waals surface area contributed by atoms with Crippen molar-refractivity contribution >= 4 is 17.7 Å². The summed E-state index contributed by atoms with van der Waals surface area (Å²) >= 11 is 0. The molecule has 1 aromatic carbocycles. The fourth-order valence-electron chi connectivity index (χ4n) is 2.53. The lowest BCUT2D eigenvalue weighted by Crippen LogP contribution is -2.27. The second-order valence-electron chi connectivity index (χ2n) is 7.57. The van der Waals surface area contributed by atoms with Gasteiger partial charge in [0.25, 0.3) is 0 Å². The third kappa shape index (κ3) is 6.53. The number of hydrogen-bond acceptors (Lipinski definition) is 7. The zero-order chi connectivity index (χ0) is 22.4. The SMILES string of the molecule is CNC(=O)Cn1ccc(-c2cc(Oc3cccc(NC(=O)OC(C)(C)C)c3)ncn2)n1. The molecule has 0 aliphatic heterocycles. The van der Waals surface area contributed by atoms with E-state index in [9.17, 15) is 9.59 Å². The van der Waals surface area contributed by atoms with Crippen LogP contribution in [-0.2, 0) is 16.1 Å². The number of ether oxygens (including phenoxy) is 2. The second kappa shape index (κ2) is 9.24. The van der Waals surface area contributed by atoms with Gasteiger partial charge in [0.2, 0.25) is 11.8 Å². The Morgan fingerprint density at radius 1 is 1.10 bits per heavy atom. The highest BCUT2D eigenvalue weighted by Crippen LogP contribution is 2.25. The highest BCUT2D eigenvalue weighted by atomic mass is 16.6. The number of amides is 2. The van der Waals surface area contributed by atoms with E-state index in [1.807, 2.05) is 0 Å². The number of rotatable bonds is 6. The number of carbonyl (C=O) groups is 2. The molecule has 2 amide bonds. The summed E-state index contributed by atoms with van der Waals surface area (Å²) in [6.07, 6.45) is 2.51. The van der Waals surface area contributed by atoms with Crippen LogP contribution in [0.5, 0.6) is 11.6 Å². The fourth-order valence-corrected chi connectivity index (χ4v) is 2.53. The normalized spacial score (nSPS) is 11.0. The molecule has 31 heavy (non-hydrogen) atoms. The van der Waals surface area contributed by atoms with E-state index < -0.39 is 11.7 Å². The zero-order valence-electron chi connectivity index (χ0n) is 17.7. The summed E-state index contributed by atoms with van der Waals surface area (Å²) in [5, 5.41) is 9.55. The minimum atomic E-state index is -0.594. The number of anilines is 1. The first kappa shape index (κ1) is 21.8. The van der Waals surface area contributed by atoms with Crippen LogP contribution in [0.3, 0.4) is 0 Å². The summed E-state index contributed by atoms with van der Waals surface area (Å²) in [6, 6.07) is 10.2. The number of hydrogen-bond donors (Lipinski definition) is 2. The maximum Gasteiger partial charge on any atom is 0.412 e. The minimum absolute atomic E-state index is 0.113. The van der Waals surface area contributed by atoms with E-state index >= 15 is 0 Å². The molecule has 0 bridgehead atoms. The molecular weight excluding hydrogens is 400 g/mol. The molecule has 3 aromatic rings.